The smallest absolute Gasteiger partial charge is 0.273 e. The lowest BCUT2D eigenvalue weighted by Crippen LogP contribution is -2.12. The Kier molecular flexibility index (Phi) is 3.12. The van der Waals surface area contributed by atoms with Gasteiger partial charge < -0.3 is 5.32 Å². The van der Waals surface area contributed by atoms with E-state index < -0.39 is 0 Å². The third kappa shape index (κ3) is 2.35. The number of amides is 1. The van der Waals surface area contributed by atoms with Crippen LogP contribution in [0, 0.1) is 0 Å². The summed E-state index contributed by atoms with van der Waals surface area (Å²) in [5, 5.41) is 9.78. The van der Waals surface area contributed by atoms with Crippen molar-refractivity contribution in [1.82, 2.24) is 10.2 Å². The van der Waals surface area contributed by atoms with E-state index in [0.717, 1.165) is 0 Å². The maximum absolute atomic E-state index is 11.6. The van der Waals surface area contributed by atoms with Gasteiger partial charge in [0.15, 0.2) is 0 Å². The van der Waals surface area contributed by atoms with Gasteiger partial charge in [-0.2, -0.15) is 5.10 Å². The molecule has 6 heteroatoms. The first-order chi connectivity index (χ1) is 7.66. The van der Waals surface area contributed by atoms with Crippen LogP contribution >= 0.6 is 23.2 Å². The van der Waals surface area contributed by atoms with Gasteiger partial charge >= 0.3 is 0 Å². The number of nitrogens with one attached hydrogen (secondary N) is 2. The van der Waals surface area contributed by atoms with Gasteiger partial charge in [-0.15, -0.1) is 0 Å². The van der Waals surface area contributed by atoms with E-state index in [2.05, 4.69) is 15.5 Å². The molecule has 82 valence electrons. The molecule has 0 unspecified atom stereocenters. The molecule has 0 atom stereocenters. The number of nitrogens with zero attached hydrogens (tertiary/aromatic N) is 1. The van der Waals surface area contributed by atoms with Crippen molar-refractivity contribution >= 4 is 34.8 Å². The lowest BCUT2D eigenvalue weighted by molar-refractivity contribution is 0.102. The summed E-state index contributed by atoms with van der Waals surface area (Å²) >= 11 is 11.6. The number of hydrogen-bond acceptors (Lipinski definition) is 2. The van der Waals surface area contributed by atoms with Crippen LogP contribution in [-0.4, -0.2) is 16.1 Å². The molecule has 16 heavy (non-hydrogen) atoms. The molecular weight excluding hydrogens is 249 g/mol. The first-order valence-corrected chi connectivity index (χ1v) is 5.18. The van der Waals surface area contributed by atoms with Crippen LogP contribution < -0.4 is 5.32 Å². The SMILES string of the molecule is O=C(Nc1ccc(Cl)cc1Cl)c1ccn[nH]1. The van der Waals surface area contributed by atoms with Gasteiger partial charge in [-0.1, -0.05) is 23.2 Å². The largest absolute Gasteiger partial charge is 0.319 e. The van der Waals surface area contributed by atoms with Gasteiger partial charge in [-0.3, -0.25) is 9.89 Å². The molecular formula is C10H7Cl2N3O. The minimum absolute atomic E-state index is 0.304. The molecule has 0 radical (unpaired) electrons. The Balaban J connectivity index is 2.18. The molecule has 4 nitrogen and oxygen atoms in total. The number of carbonyl (C=O) groups excluding carboxylic acids is 1. The molecule has 1 aromatic heterocycles. The maximum atomic E-state index is 11.6. The molecule has 0 fully saturated rings. The van der Waals surface area contributed by atoms with Crippen LogP contribution in [0.2, 0.25) is 10.0 Å². The van der Waals surface area contributed by atoms with E-state index in [9.17, 15) is 4.79 Å². The second-order valence-electron chi connectivity index (χ2n) is 3.05. The summed E-state index contributed by atoms with van der Waals surface area (Å²) in [5.74, 6) is -0.304. The van der Waals surface area contributed by atoms with Gasteiger partial charge in [0.05, 0.1) is 10.7 Å². The second kappa shape index (κ2) is 4.55. The summed E-state index contributed by atoms with van der Waals surface area (Å²) in [6, 6.07) is 6.42. The van der Waals surface area contributed by atoms with Crippen molar-refractivity contribution in [1.29, 1.82) is 0 Å². The van der Waals surface area contributed by atoms with Crippen LogP contribution in [-0.2, 0) is 0 Å². The Labute approximate surface area is 102 Å². The minimum Gasteiger partial charge on any atom is -0.319 e. The van der Waals surface area contributed by atoms with E-state index in [1.807, 2.05) is 0 Å². The second-order valence-corrected chi connectivity index (χ2v) is 3.89. The normalized spacial score (nSPS) is 10.1. The first-order valence-electron chi connectivity index (χ1n) is 4.42. The fraction of sp³-hybridized carbons (Fsp3) is 0. The molecule has 0 bridgehead atoms. The number of halogens is 2. The van der Waals surface area contributed by atoms with Gasteiger partial charge in [0.25, 0.3) is 5.91 Å². The van der Waals surface area contributed by atoms with E-state index in [0.29, 0.717) is 21.4 Å². The summed E-state index contributed by atoms with van der Waals surface area (Å²) in [4.78, 5) is 11.6. The topological polar surface area (TPSA) is 57.8 Å². The van der Waals surface area contributed by atoms with Gasteiger partial charge in [-0.25, -0.2) is 0 Å². The molecule has 0 aliphatic carbocycles. The average Bonchev–Trinajstić information content (AvgIpc) is 2.75. The Hall–Kier alpha value is -1.52. The number of rotatable bonds is 2. The number of benzene rings is 1. The zero-order valence-corrected chi connectivity index (χ0v) is 9.51. The van der Waals surface area contributed by atoms with Crippen molar-refractivity contribution in [3.8, 4) is 0 Å². The molecule has 2 rings (SSSR count). The standard InChI is InChI=1S/C10H7Cl2N3O/c11-6-1-2-8(7(12)5-6)14-10(16)9-3-4-13-15-9/h1-5H,(H,13,15)(H,14,16). The Bertz CT molecular complexity index is 511. The van der Waals surface area contributed by atoms with E-state index in [4.69, 9.17) is 23.2 Å². The van der Waals surface area contributed by atoms with Crippen LogP contribution in [0.3, 0.4) is 0 Å². The number of hydrogen-bond donors (Lipinski definition) is 2. The molecule has 1 heterocycles. The predicted molar refractivity (Wildman–Crippen MR) is 63.0 cm³/mol. The fourth-order valence-corrected chi connectivity index (χ4v) is 1.62. The van der Waals surface area contributed by atoms with Crippen molar-refractivity contribution in [2.24, 2.45) is 0 Å². The highest BCUT2D eigenvalue weighted by Crippen LogP contribution is 2.25. The maximum Gasteiger partial charge on any atom is 0.273 e. The van der Waals surface area contributed by atoms with Gasteiger partial charge in [0, 0.05) is 11.2 Å². The van der Waals surface area contributed by atoms with E-state index in [1.54, 1.807) is 24.3 Å². The average molecular weight is 256 g/mol. The molecule has 0 spiro atoms. The first kappa shape index (κ1) is 11.0. The molecule has 0 aliphatic rings. The van der Waals surface area contributed by atoms with E-state index in [-0.39, 0.29) is 5.91 Å². The van der Waals surface area contributed by atoms with E-state index in [1.165, 1.54) is 6.20 Å². The van der Waals surface area contributed by atoms with Crippen LogP contribution in [0.5, 0.6) is 0 Å². The highest BCUT2D eigenvalue weighted by atomic mass is 35.5. The third-order valence-corrected chi connectivity index (χ3v) is 2.47. The Morgan fingerprint density at radius 1 is 1.31 bits per heavy atom. The van der Waals surface area contributed by atoms with Crippen LogP contribution in [0.4, 0.5) is 5.69 Å². The Morgan fingerprint density at radius 3 is 2.75 bits per heavy atom. The quantitative estimate of drug-likeness (QED) is 0.867. The fourth-order valence-electron chi connectivity index (χ4n) is 1.16. The zero-order valence-electron chi connectivity index (χ0n) is 8.00. The van der Waals surface area contributed by atoms with Gasteiger partial charge in [0.1, 0.15) is 5.69 Å². The number of aromatic nitrogens is 2. The summed E-state index contributed by atoms with van der Waals surface area (Å²) in [7, 11) is 0. The third-order valence-electron chi connectivity index (χ3n) is 1.92. The van der Waals surface area contributed by atoms with Crippen LogP contribution in [0.15, 0.2) is 30.5 Å². The monoisotopic (exact) mass is 255 g/mol. The molecule has 0 saturated carbocycles. The lowest BCUT2D eigenvalue weighted by Gasteiger charge is -2.05. The number of carbonyl (C=O) groups is 1. The summed E-state index contributed by atoms with van der Waals surface area (Å²) in [6.07, 6.45) is 1.50. The van der Waals surface area contributed by atoms with Crippen molar-refractivity contribution < 1.29 is 4.79 Å². The molecule has 0 saturated heterocycles. The van der Waals surface area contributed by atoms with Gasteiger partial charge in [0.2, 0.25) is 0 Å². The number of anilines is 1. The molecule has 1 aromatic carbocycles. The predicted octanol–water partition coefficient (Wildman–Crippen LogP) is 2.97. The summed E-state index contributed by atoms with van der Waals surface area (Å²) in [5.41, 5.74) is 0.872. The molecule has 2 aromatic rings. The van der Waals surface area contributed by atoms with Crippen molar-refractivity contribution in [2.75, 3.05) is 5.32 Å². The van der Waals surface area contributed by atoms with Crippen molar-refractivity contribution in [3.63, 3.8) is 0 Å². The number of H-pyrrole nitrogens is 1. The summed E-state index contributed by atoms with van der Waals surface area (Å²) < 4.78 is 0. The van der Waals surface area contributed by atoms with Crippen molar-refractivity contribution in [3.05, 3.63) is 46.2 Å². The lowest BCUT2D eigenvalue weighted by atomic mass is 10.3. The Morgan fingerprint density at radius 2 is 2.12 bits per heavy atom. The minimum atomic E-state index is -0.304. The van der Waals surface area contributed by atoms with Crippen LogP contribution in [0.1, 0.15) is 10.5 Å². The van der Waals surface area contributed by atoms with Crippen molar-refractivity contribution in [2.45, 2.75) is 0 Å². The van der Waals surface area contributed by atoms with Crippen LogP contribution in [0.25, 0.3) is 0 Å². The van der Waals surface area contributed by atoms with Gasteiger partial charge in [-0.05, 0) is 24.3 Å². The zero-order chi connectivity index (χ0) is 11.5. The molecule has 1 amide bonds. The molecule has 2 N–H and O–H groups in total. The number of aromatic amines is 1. The molecule has 0 aliphatic heterocycles. The highest BCUT2D eigenvalue weighted by molar-refractivity contribution is 6.36. The summed E-state index contributed by atoms with van der Waals surface area (Å²) in [6.45, 7) is 0. The highest BCUT2D eigenvalue weighted by Gasteiger charge is 2.09. The van der Waals surface area contributed by atoms with E-state index >= 15 is 0 Å².